The van der Waals surface area contributed by atoms with E-state index >= 15 is 0 Å². The molecule has 14 heavy (non-hydrogen) atoms. The molecule has 0 aromatic carbocycles. The smallest absolute Gasteiger partial charge is 0.0590 e. The maximum atomic E-state index is 5.31. The van der Waals surface area contributed by atoms with Crippen LogP contribution in [0.3, 0.4) is 0 Å². The Morgan fingerprint density at radius 2 is 2.00 bits per heavy atom. The first-order valence-corrected chi connectivity index (χ1v) is 6.05. The molecule has 0 aliphatic heterocycles. The highest BCUT2D eigenvalue weighted by Crippen LogP contribution is 2.29. The summed E-state index contributed by atoms with van der Waals surface area (Å²) in [6, 6.07) is 0.738. The van der Waals surface area contributed by atoms with Gasteiger partial charge in [0.05, 0.1) is 6.61 Å². The number of rotatable bonds is 5. The molecule has 0 aromatic rings. The van der Waals surface area contributed by atoms with Crippen molar-refractivity contribution in [1.82, 2.24) is 5.32 Å². The zero-order valence-electron chi connectivity index (χ0n) is 9.88. The SMILES string of the molecule is CCOCCN[C@@H]1CC[C@H](C)[C@H](C)C1. The fraction of sp³-hybridized carbons (Fsp3) is 1.00. The molecule has 1 aliphatic carbocycles. The van der Waals surface area contributed by atoms with Crippen LogP contribution in [0.4, 0.5) is 0 Å². The molecule has 3 atom stereocenters. The molecule has 84 valence electrons. The summed E-state index contributed by atoms with van der Waals surface area (Å²) in [5, 5.41) is 3.58. The highest BCUT2D eigenvalue weighted by atomic mass is 16.5. The molecule has 0 radical (unpaired) electrons. The van der Waals surface area contributed by atoms with Crippen LogP contribution >= 0.6 is 0 Å². The normalized spacial score (nSPS) is 33.2. The minimum Gasteiger partial charge on any atom is -0.380 e. The number of hydrogen-bond acceptors (Lipinski definition) is 2. The van der Waals surface area contributed by atoms with E-state index in [1.807, 2.05) is 6.92 Å². The van der Waals surface area contributed by atoms with E-state index < -0.39 is 0 Å². The predicted molar refractivity (Wildman–Crippen MR) is 60.5 cm³/mol. The van der Waals surface area contributed by atoms with Crippen molar-refractivity contribution in [1.29, 1.82) is 0 Å². The first-order valence-electron chi connectivity index (χ1n) is 6.05. The predicted octanol–water partition coefficient (Wildman–Crippen LogP) is 2.44. The molecular weight excluding hydrogens is 174 g/mol. The maximum absolute atomic E-state index is 5.31. The number of nitrogens with one attached hydrogen (secondary N) is 1. The van der Waals surface area contributed by atoms with Crippen molar-refractivity contribution in [2.24, 2.45) is 11.8 Å². The molecule has 2 nitrogen and oxygen atoms in total. The van der Waals surface area contributed by atoms with E-state index in [0.29, 0.717) is 0 Å². The van der Waals surface area contributed by atoms with E-state index in [9.17, 15) is 0 Å². The molecule has 0 amide bonds. The van der Waals surface area contributed by atoms with Crippen LogP contribution in [0.15, 0.2) is 0 Å². The Kier molecular flexibility index (Phi) is 5.49. The van der Waals surface area contributed by atoms with Crippen LogP contribution in [0.25, 0.3) is 0 Å². The van der Waals surface area contributed by atoms with Gasteiger partial charge in [0, 0.05) is 19.2 Å². The van der Waals surface area contributed by atoms with Crippen molar-refractivity contribution in [2.45, 2.75) is 46.1 Å². The summed E-state index contributed by atoms with van der Waals surface area (Å²) < 4.78 is 5.31. The minimum atomic E-state index is 0.738. The third-order valence-corrected chi connectivity index (χ3v) is 3.48. The maximum Gasteiger partial charge on any atom is 0.0590 e. The zero-order chi connectivity index (χ0) is 10.4. The quantitative estimate of drug-likeness (QED) is 0.687. The first kappa shape index (κ1) is 12.0. The lowest BCUT2D eigenvalue weighted by Gasteiger charge is -2.32. The van der Waals surface area contributed by atoms with Gasteiger partial charge >= 0.3 is 0 Å². The summed E-state index contributed by atoms with van der Waals surface area (Å²) in [4.78, 5) is 0. The largest absolute Gasteiger partial charge is 0.380 e. The van der Waals surface area contributed by atoms with Crippen LogP contribution in [0.2, 0.25) is 0 Å². The Morgan fingerprint density at radius 3 is 2.64 bits per heavy atom. The fourth-order valence-corrected chi connectivity index (χ4v) is 2.21. The van der Waals surface area contributed by atoms with Gasteiger partial charge < -0.3 is 10.1 Å². The second kappa shape index (κ2) is 6.41. The molecule has 1 N–H and O–H groups in total. The average Bonchev–Trinajstić information content (AvgIpc) is 2.18. The summed E-state index contributed by atoms with van der Waals surface area (Å²) in [5.41, 5.74) is 0. The van der Waals surface area contributed by atoms with Crippen molar-refractivity contribution in [3.05, 3.63) is 0 Å². The molecule has 1 saturated carbocycles. The van der Waals surface area contributed by atoms with E-state index in [0.717, 1.165) is 37.6 Å². The van der Waals surface area contributed by atoms with E-state index in [-0.39, 0.29) is 0 Å². The van der Waals surface area contributed by atoms with Gasteiger partial charge in [-0.05, 0) is 38.0 Å². The lowest BCUT2D eigenvalue weighted by molar-refractivity contribution is 0.140. The zero-order valence-corrected chi connectivity index (χ0v) is 9.88. The van der Waals surface area contributed by atoms with Crippen LogP contribution in [0, 0.1) is 11.8 Å². The second-order valence-corrected chi connectivity index (χ2v) is 4.62. The molecule has 0 saturated heterocycles. The summed E-state index contributed by atoms with van der Waals surface area (Å²) in [6.45, 7) is 9.50. The topological polar surface area (TPSA) is 21.3 Å². The Balaban J connectivity index is 2.07. The number of hydrogen-bond donors (Lipinski definition) is 1. The molecule has 1 fully saturated rings. The second-order valence-electron chi connectivity index (χ2n) is 4.62. The van der Waals surface area contributed by atoms with E-state index in [2.05, 4.69) is 19.2 Å². The summed E-state index contributed by atoms with van der Waals surface area (Å²) >= 11 is 0. The standard InChI is InChI=1S/C12H25NO/c1-4-14-8-7-13-12-6-5-10(2)11(3)9-12/h10-13H,4-9H2,1-3H3/t10-,11+,12+/m0/s1. The third kappa shape index (κ3) is 3.97. The Morgan fingerprint density at radius 1 is 1.21 bits per heavy atom. The van der Waals surface area contributed by atoms with E-state index in [1.165, 1.54) is 19.3 Å². The van der Waals surface area contributed by atoms with Crippen molar-refractivity contribution in [2.75, 3.05) is 19.8 Å². The van der Waals surface area contributed by atoms with Crippen LogP contribution in [-0.2, 0) is 4.74 Å². The minimum absolute atomic E-state index is 0.738. The van der Waals surface area contributed by atoms with Crippen molar-refractivity contribution in [3.63, 3.8) is 0 Å². The molecule has 0 unspecified atom stereocenters. The molecule has 0 heterocycles. The summed E-state index contributed by atoms with van der Waals surface area (Å²) in [6.07, 6.45) is 4.07. The van der Waals surface area contributed by atoms with Gasteiger partial charge in [-0.2, -0.15) is 0 Å². The van der Waals surface area contributed by atoms with Gasteiger partial charge in [0.15, 0.2) is 0 Å². The van der Waals surface area contributed by atoms with Gasteiger partial charge in [-0.25, -0.2) is 0 Å². The van der Waals surface area contributed by atoms with Gasteiger partial charge in [-0.3, -0.25) is 0 Å². The lowest BCUT2D eigenvalue weighted by atomic mass is 9.79. The Bertz CT molecular complexity index is 149. The van der Waals surface area contributed by atoms with Gasteiger partial charge in [0.2, 0.25) is 0 Å². The highest BCUT2D eigenvalue weighted by Gasteiger charge is 2.23. The van der Waals surface area contributed by atoms with Crippen molar-refractivity contribution in [3.8, 4) is 0 Å². The van der Waals surface area contributed by atoms with Gasteiger partial charge in [0.25, 0.3) is 0 Å². The van der Waals surface area contributed by atoms with E-state index in [4.69, 9.17) is 4.74 Å². The summed E-state index contributed by atoms with van der Waals surface area (Å²) in [7, 11) is 0. The monoisotopic (exact) mass is 199 g/mol. The molecule has 0 bridgehead atoms. The molecule has 2 heteroatoms. The third-order valence-electron chi connectivity index (χ3n) is 3.48. The van der Waals surface area contributed by atoms with Crippen LogP contribution < -0.4 is 5.32 Å². The molecule has 0 aromatic heterocycles. The van der Waals surface area contributed by atoms with Crippen molar-refractivity contribution >= 4 is 0 Å². The Labute approximate surface area is 88.4 Å². The van der Waals surface area contributed by atoms with Crippen LogP contribution in [0.1, 0.15) is 40.0 Å². The van der Waals surface area contributed by atoms with Crippen LogP contribution in [0.5, 0.6) is 0 Å². The number of ether oxygens (including phenoxy) is 1. The van der Waals surface area contributed by atoms with Gasteiger partial charge in [-0.1, -0.05) is 13.8 Å². The van der Waals surface area contributed by atoms with E-state index in [1.54, 1.807) is 0 Å². The van der Waals surface area contributed by atoms with Gasteiger partial charge in [-0.15, -0.1) is 0 Å². The van der Waals surface area contributed by atoms with Crippen molar-refractivity contribution < 1.29 is 4.74 Å². The highest BCUT2D eigenvalue weighted by molar-refractivity contribution is 4.79. The lowest BCUT2D eigenvalue weighted by Crippen LogP contribution is -2.37. The molecule has 1 aliphatic rings. The van der Waals surface area contributed by atoms with Gasteiger partial charge in [0.1, 0.15) is 0 Å². The molecule has 0 spiro atoms. The van der Waals surface area contributed by atoms with Crippen LogP contribution in [-0.4, -0.2) is 25.8 Å². The fourth-order valence-electron chi connectivity index (χ4n) is 2.21. The Hall–Kier alpha value is -0.0800. The first-order chi connectivity index (χ1) is 6.74. The average molecular weight is 199 g/mol. The molecule has 1 rings (SSSR count). The molecular formula is C12H25NO. The summed E-state index contributed by atoms with van der Waals surface area (Å²) in [5.74, 6) is 1.80.